The van der Waals surface area contributed by atoms with E-state index in [4.69, 9.17) is 17.3 Å². The first-order valence-corrected chi connectivity index (χ1v) is 6.47. The molecule has 0 heterocycles. The summed E-state index contributed by atoms with van der Waals surface area (Å²) in [5.74, 6) is -1.03. The second kappa shape index (κ2) is 5.92. The normalized spacial score (nSPS) is 11.9. The first-order chi connectivity index (χ1) is 9.49. The van der Waals surface area contributed by atoms with Crippen molar-refractivity contribution in [3.05, 3.63) is 64.4 Å². The van der Waals surface area contributed by atoms with E-state index >= 15 is 0 Å². The van der Waals surface area contributed by atoms with Crippen LogP contribution in [0.4, 0.5) is 10.1 Å². The van der Waals surface area contributed by atoms with Crippen molar-refractivity contribution >= 4 is 23.2 Å². The van der Waals surface area contributed by atoms with Gasteiger partial charge in [0.05, 0.1) is 17.3 Å². The van der Waals surface area contributed by atoms with Gasteiger partial charge in [-0.25, -0.2) is 4.39 Å². The summed E-state index contributed by atoms with van der Waals surface area (Å²) in [4.78, 5) is 12.1. The molecule has 3 N–H and O–H groups in total. The van der Waals surface area contributed by atoms with E-state index in [0.717, 1.165) is 5.56 Å². The Morgan fingerprint density at radius 2 is 2.00 bits per heavy atom. The molecule has 0 fully saturated rings. The second-order valence-corrected chi connectivity index (χ2v) is 4.89. The summed E-state index contributed by atoms with van der Waals surface area (Å²) in [6.07, 6.45) is 0. The first-order valence-electron chi connectivity index (χ1n) is 6.09. The molecule has 0 unspecified atom stereocenters. The van der Waals surface area contributed by atoms with Crippen molar-refractivity contribution in [2.45, 2.75) is 13.0 Å². The fourth-order valence-electron chi connectivity index (χ4n) is 1.87. The molecule has 0 bridgehead atoms. The Morgan fingerprint density at radius 1 is 1.30 bits per heavy atom. The minimum Gasteiger partial charge on any atom is -0.396 e. The number of para-hydroxylation sites is 1. The first kappa shape index (κ1) is 14.3. The number of anilines is 1. The minimum atomic E-state index is -0.604. The largest absolute Gasteiger partial charge is 0.396 e. The van der Waals surface area contributed by atoms with E-state index in [9.17, 15) is 9.18 Å². The molecule has 0 aliphatic rings. The van der Waals surface area contributed by atoms with E-state index in [1.165, 1.54) is 18.2 Å². The fraction of sp³-hybridized carbons (Fsp3) is 0.133. The van der Waals surface area contributed by atoms with Gasteiger partial charge < -0.3 is 11.1 Å². The SMILES string of the molecule is C[C@@H](NC(=O)c1cccc(F)c1N)c1cccc(Cl)c1. The molecule has 0 aromatic heterocycles. The van der Waals surface area contributed by atoms with Crippen molar-refractivity contribution in [2.75, 3.05) is 5.73 Å². The van der Waals surface area contributed by atoms with E-state index in [-0.39, 0.29) is 17.3 Å². The molecule has 0 saturated carbocycles. The van der Waals surface area contributed by atoms with Gasteiger partial charge in [0.1, 0.15) is 5.82 Å². The highest BCUT2D eigenvalue weighted by atomic mass is 35.5. The average molecular weight is 293 g/mol. The maximum absolute atomic E-state index is 13.3. The van der Waals surface area contributed by atoms with Crippen LogP contribution in [0.1, 0.15) is 28.9 Å². The topological polar surface area (TPSA) is 55.1 Å². The van der Waals surface area contributed by atoms with Gasteiger partial charge in [-0.1, -0.05) is 29.8 Å². The van der Waals surface area contributed by atoms with Crippen LogP contribution in [0.25, 0.3) is 0 Å². The van der Waals surface area contributed by atoms with Crippen LogP contribution in [0.2, 0.25) is 5.02 Å². The average Bonchev–Trinajstić information content (AvgIpc) is 2.41. The van der Waals surface area contributed by atoms with Gasteiger partial charge in [-0.15, -0.1) is 0 Å². The van der Waals surface area contributed by atoms with Crippen molar-refractivity contribution in [2.24, 2.45) is 0 Å². The number of carbonyl (C=O) groups is 1. The van der Waals surface area contributed by atoms with E-state index < -0.39 is 11.7 Å². The number of amides is 1. The third kappa shape index (κ3) is 3.08. The highest BCUT2D eigenvalue weighted by Crippen LogP contribution is 2.20. The summed E-state index contributed by atoms with van der Waals surface area (Å²) < 4.78 is 13.3. The van der Waals surface area contributed by atoms with Crippen molar-refractivity contribution in [1.82, 2.24) is 5.32 Å². The van der Waals surface area contributed by atoms with E-state index in [1.54, 1.807) is 18.2 Å². The number of rotatable bonds is 3. The lowest BCUT2D eigenvalue weighted by atomic mass is 10.1. The summed E-state index contributed by atoms with van der Waals surface area (Å²) in [5, 5.41) is 3.36. The Balaban J connectivity index is 2.17. The Bertz CT molecular complexity index is 646. The molecule has 2 aromatic carbocycles. The summed E-state index contributed by atoms with van der Waals surface area (Å²) >= 11 is 5.91. The van der Waals surface area contributed by atoms with Gasteiger partial charge in [0.25, 0.3) is 5.91 Å². The molecule has 0 aliphatic carbocycles. The number of benzene rings is 2. The van der Waals surface area contributed by atoms with Gasteiger partial charge in [0, 0.05) is 5.02 Å². The lowest BCUT2D eigenvalue weighted by molar-refractivity contribution is 0.0940. The quantitative estimate of drug-likeness (QED) is 0.850. The van der Waals surface area contributed by atoms with Crippen LogP contribution in [-0.2, 0) is 0 Å². The molecule has 5 heteroatoms. The van der Waals surface area contributed by atoms with Crippen LogP contribution in [0, 0.1) is 5.82 Å². The number of nitrogens with two attached hydrogens (primary N) is 1. The smallest absolute Gasteiger partial charge is 0.253 e. The zero-order valence-electron chi connectivity index (χ0n) is 10.9. The predicted octanol–water partition coefficient (Wildman–Crippen LogP) is 3.55. The maximum atomic E-state index is 13.3. The van der Waals surface area contributed by atoms with Crippen LogP contribution >= 0.6 is 11.6 Å². The molecule has 3 nitrogen and oxygen atoms in total. The summed E-state index contributed by atoms with van der Waals surface area (Å²) in [6, 6.07) is 11.1. The third-order valence-electron chi connectivity index (χ3n) is 2.99. The van der Waals surface area contributed by atoms with Crippen molar-refractivity contribution in [3.63, 3.8) is 0 Å². The molecule has 0 saturated heterocycles. The molecule has 104 valence electrons. The Morgan fingerprint density at radius 3 is 2.70 bits per heavy atom. The summed E-state index contributed by atoms with van der Waals surface area (Å²) in [5.41, 5.74) is 6.40. The van der Waals surface area contributed by atoms with Gasteiger partial charge >= 0.3 is 0 Å². The molecular weight excluding hydrogens is 279 g/mol. The molecule has 0 aliphatic heterocycles. The Hall–Kier alpha value is -2.07. The molecule has 2 rings (SSSR count). The van der Waals surface area contributed by atoms with Gasteiger partial charge in [-0.05, 0) is 36.8 Å². The number of nitrogen functional groups attached to an aromatic ring is 1. The van der Waals surface area contributed by atoms with Gasteiger partial charge in [0.15, 0.2) is 0 Å². The molecule has 1 atom stereocenters. The molecule has 20 heavy (non-hydrogen) atoms. The standard InChI is InChI=1S/C15H14ClFN2O/c1-9(10-4-2-5-11(16)8-10)19-15(20)12-6-3-7-13(17)14(12)18/h2-9H,18H2,1H3,(H,19,20)/t9-/m1/s1. The summed E-state index contributed by atoms with van der Waals surface area (Å²) in [6.45, 7) is 1.82. The van der Waals surface area contributed by atoms with E-state index in [2.05, 4.69) is 5.32 Å². The Kier molecular flexibility index (Phi) is 4.25. The highest BCUT2D eigenvalue weighted by Gasteiger charge is 2.15. The van der Waals surface area contributed by atoms with Crippen molar-refractivity contribution in [3.8, 4) is 0 Å². The molecule has 0 spiro atoms. The summed E-state index contributed by atoms with van der Waals surface area (Å²) in [7, 11) is 0. The van der Waals surface area contributed by atoms with Crippen LogP contribution in [-0.4, -0.2) is 5.91 Å². The zero-order chi connectivity index (χ0) is 14.7. The third-order valence-corrected chi connectivity index (χ3v) is 3.23. The zero-order valence-corrected chi connectivity index (χ0v) is 11.6. The number of nitrogens with one attached hydrogen (secondary N) is 1. The second-order valence-electron chi connectivity index (χ2n) is 4.45. The lowest BCUT2D eigenvalue weighted by Crippen LogP contribution is -2.27. The predicted molar refractivity (Wildman–Crippen MR) is 78.1 cm³/mol. The molecule has 0 radical (unpaired) electrons. The van der Waals surface area contributed by atoms with Gasteiger partial charge in [-0.3, -0.25) is 4.79 Å². The number of halogens is 2. The minimum absolute atomic E-state index is 0.124. The van der Waals surface area contributed by atoms with E-state index in [0.29, 0.717) is 5.02 Å². The number of hydrogen-bond acceptors (Lipinski definition) is 2. The van der Waals surface area contributed by atoms with Crippen molar-refractivity contribution in [1.29, 1.82) is 0 Å². The maximum Gasteiger partial charge on any atom is 0.253 e. The van der Waals surface area contributed by atoms with Crippen LogP contribution < -0.4 is 11.1 Å². The number of hydrogen-bond donors (Lipinski definition) is 2. The number of carbonyl (C=O) groups excluding carboxylic acids is 1. The molecule has 2 aromatic rings. The van der Waals surface area contributed by atoms with Crippen molar-refractivity contribution < 1.29 is 9.18 Å². The van der Waals surface area contributed by atoms with Gasteiger partial charge in [-0.2, -0.15) is 0 Å². The monoisotopic (exact) mass is 292 g/mol. The molecular formula is C15H14ClFN2O. The van der Waals surface area contributed by atoms with Gasteiger partial charge in [0.2, 0.25) is 0 Å². The molecule has 1 amide bonds. The highest BCUT2D eigenvalue weighted by molar-refractivity contribution is 6.30. The van der Waals surface area contributed by atoms with Crippen LogP contribution in [0.3, 0.4) is 0 Å². The fourth-order valence-corrected chi connectivity index (χ4v) is 2.07. The van der Waals surface area contributed by atoms with E-state index in [1.807, 2.05) is 13.0 Å². The Labute approximate surface area is 121 Å². The van der Waals surface area contributed by atoms with Crippen LogP contribution in [0.5, 0.6) is 0 Å². The van der Waals surface area contributed by atoms with Crippen LogP contribution in [0.15, 0.2) is 42.5 Å². The lowest BCUT2D eigenvalue weighted by Gasteiger charge is -2.15.